The van der Waals surface area contributed by atoms with Gasteiger partial charge in [0.05, 0.1) is 11.6 Å². The maximum absolute atomic E-state index is 14.0. The molecule has 1 atom stereocenters. The lowest BCUT2D eigenvalue weighted by Gasteiger charge is -2.33. The quantitative estimate of drug-likeness (QED) is 0.728. The average Bonchev–Trinajstić information content (AvgIpc) is 2.73. The fourth-order valence-electron chi connectivity index (χ4n) is 3.79. The minimum Gasteiger partial charge on any atom is -0.335 e. The lowest BCUT2D eigenvalue weighted by molar-refractivity contribution is -0.119. The second-order valence-corrected chi connectivity index (χ2v) is 6.90. The Morgan fingerprint density at radius 1 is 1.31 bits per heavy atom. The van der Waals surface area contributed by atoms with Gasteiger partial charge in [0.2, 0.25) is 0 Å². The third kappa shape index (κ3) is 3.41. The van der Waals surface area contributed by atoms with E-state index in [0.717, 1.165) is 11.1 Å². The highest BCUT2D eigenvalue weighted by atomic mass is 19.1. The van der Waals surface area contributed by atoms with Crippen molar-refractivity contribution in [2.45, 2.75) is 12.3 Å². The van der Waals surface area contributed by atoms with Crippen LogP contribution in [0.2, 0.25) is 0 Å². The number of carbonyl (C=O) groups is 1. The van der Waals surface area contributed by atoms with Crippen molar-refractivity contribution in [1.82, 2.24) is 9.88 Å². The molecule has 4 nitrogen and oxygen atoms in total. The Hall–Kier alpha value is -3.78. The van der Waals surface area contributed by atoms with Crippen molar-refractivity contribution >= 4 is 11.4 Å². The van der Waals surface area contributed by atoms with Gasteiger partial charge in [0.1, 0.15) is 23.4 Å². The Labute approximate surface area is 168 Å². The van der Waals surface area contributed by atoms with Crippen LogP contribution in [0.1, 0.15) is 23.6 Å². The highest BCUT2D eigenvalue weighted by Crippen LogP contribution is 2.43. The number of hydrogen-bond donors (Lipinski definition) is 0. The van der Waals surface area contributed by atoms with E-state index in [2.05, 4.69) is 17.6 Å². The molecule has 0 bridgehead atoms. The molecule has 1 aromatic carbocycles. The SMILES string of the molecule is C=CCN1C=C2CC(=O)C(c3ccccn3)C=C2C(c2cccc(F)c2)=C1C#N. The smallest absolute Gasteiger partial charge is 0.150 e. The molecule has 2 heterocycles. The summed E-state index contributed by atoms with van der Waals surface area (Å²) >= 11 is 0. The summed E-state index contributed by atoms with van der Waals surface area (Å²) in [7, 11) is 0. The highest BCUT2D eigenvalue weighted by molar-refractivity contribution is 5.99. The molecule has 0 spiro atoms. The first-order chi connectivity index (χ1) is 14.1. The number of pyridine rings is 1. The summed E-state index contributed by atoms with van der Waals surface area (Å²) in [5.41, 5.74) is 3.88. The largest absolute Gasteiger partial charge is 0.335 e. The van der Waals surface area contributed by atoms with Gasteiger partial charge in [0.15, 0.2) is 0 Å². The van der Waals surface area contributed by atoms with Crippen molar-refractivity contribution < 1.29 is 9.18 Å². The van der Waals surface area contributed by atoms with Crippen LogP contribution in [0.15, 0.2) is 90.4 Å². The van der Waals surface area contributed by atoms with Crippen LogP contribution in [0.5, 0.6) is 0 Å². The Bertz CT molecular complexity index is 1120. The van der Waals surface area contributed by atoms with Crippen LogP contribution in [0.4, 0.5) is 4.39 Å². The number of allylic oxidation sites excluding steroid dienone is 5. The number of halogens is 1. The van der Waals surface area contributed by atoms with Crippen molar-refractivity contribution in [2.24, 2.45) is 0 Å². The number of nitrogens with zero attached hydrogens (tertiary/aromatic N) is 3. The molecule has 5 heteroatoms. The molecule has 1 aliphatic heterocycles. The molecule has 0 saturated heterocycles. The second-order valence-electron chi connectivity index (χ2n) is 6.90. The van der Waals surface area contributed by atoms with Crippen LogP contribution in [0.3, 0.4) is 0 Å². The van der Waals surface area contributed by atoms with Gasteiger partial charge in [-0.3, -0.25) is 9.78 Å². The summed E-state index contributed by atoms with van der Waals surface area (Å²) in [5.74, 6) is -0.846. The summed E-state index contributed by atoms with van der Waals surface area (Å²) in [6.07, 6.45) is 7.24. The van der Waals surface area contributed by atoms with E-state index in [1.54, 1.807) is 35.4 Å². The van der Waals surface area contributed by atoms with E-state index in [1.165, 1.54) is 12.1 Å². The molecular weight excluding hydrogens is 365 g/mol. The molecule has 1 unspecified atom stereocenters. The Morgan fingerprint density at radius 2 is 2.17 bits per heavy atom. The number of Topliss-reactive ketones (excluding diaryl/α,β-unsaturated/α-hetero) is 1. The van der Waals surface area contributed by atoms with Gasteiger partial charge in [-0.15, -0.1) is 6.58 Å². The summed E-state index contributed by atoms with van der Waals surface area (Å²) in [4.78, 5) is 19.0. The second kappa shape index (κ2) is 7.69. The molecule has 0 fully saturated rings. The van der Waals surface area contributed by atoms with Crippen LogP contribution in [-0.2, 0) is 4.79 Å². The van der Waals surface area contributed by atoms with Gasteiger partial charge in [-0.05, 0) is 41.0 Å². The van der Waals surface area contributed by atoms with Gasteiger partial charge in [-0.1, -0.05) is 30.4 Å². The van der Waals surface area contributed by atoms with E-state index in [9.17, 15) is 14.4 Å². The third-order valence-corrected chi connectivity index (χ3v) is 5.05. The standard InChI is InChI=1S/C24H18FN3O/c1-2-10-28-15-17-12-23(29)20(21-8-3-4-9-27-21)13-19(17)24(22(28)14-26)16-6-5-7-18(25)11-16/h2-9,11,13,15,20H,1,10,12H2. The molecule has 0 saturated carbocycles. The van der Waals surface area contributed by atoms with E-state index < -0.39 is 5.92 Å². The number of carbonyl (C=O) groups excluding carboxylic acids is 1. The zero-order chi connectivity index (χ0) is 20.4. The van der Waals surface area contributed by atoms with Crippen LogP contribution in [0.25, 0.3) is 5.57 Å². The zero-order valence-corrected chi connectivity index (χ0v) is 15.7. The molecule has 0 amide bonds. The van der Waals surface area contributed by atoms with E-state index in [1.807, 2.05) is 24.4 Å². The molecule has 0 N–H and O–H groups in total. The van der Waals surface area contributed by atoms with E-state index in [0.29, 0.717) is 29.1 Å². The van der Waals surface area contributed by atoms with Crippen LogP contribution >= 0.6 is 0 Å². The van der Waals surface area contributed by atoms with E-state index >= 15 is 0 Å². The van der Waals surface area contributed by atoms with E-state index in [4.69, 9.17) is 0 Å². The van der Waals surface area contributed by atoms with Crippen molar-refractivity contribution in [1.29, 1.82) is 5.26 Å². The minimum absolute atomic E-state index is 0.0382. The molecule has 4 rings (SSSR count). The third-order valence-electron chi connectivity index (χ3n) is 5.05. The molecular formula is C24H18FN3O. The summed E-state index contributed by atoms with van der Waals surface area (Å²) in [6.45, 7) is 4.17. The predicted octanol–water partition coefficient (Wildman–Crippen LogP) is 4.52. The topological polar surface area (TPSA) is 57.0 Å². The molecule has 1 aromatic heterocycles. The fraction of sp³-hybridized carbons (Fsp3) is 0.125. The van der Waals surface area contributed by atoms with Crippen LogP contribution in [-0.4, -0.2) is 22.2 Å². The predicted molar refractivity (Wildman–Crippen MR) is 109 cm³/mol. The first-order valence-corrected chi connectivity index (χ1v) is 9.27. The summed E-state index contributed by atoms with van der Waals surface area (Å²) < 4.78 is 14.0. The molecule has 29 heavy (non-hydrogen) atoms. The summed E-state index contributed by atoms with van der Waals surface area (Å²) in [5, 5.41) is 9.90. The maximum Gasteiger partial charge on any atom is 0.150 e. The van der Waals surface area contributed by atoms with Gasteiger partial charge >= 0.3 is 0 Å². The molecule has 2 aliphatic rings. The number of ketones is 1. The minimum atomic E-state index is -0.502. The molecule has 142 valence electrons. The summed E-state index contributed by atoms with van der Waals surface area (Å²) in [6, 6.07) is 13.9. The van der Waals surface area contributed by atoms with Gasteiger partial charge < -0.3 is 4.90 Å². The van der Waals surface area contributed by atoms with Gasteiger partial charge in [-0.2, -0.15) is 5.26 Å². The number of rotatable bonds is 4. The van der Waals surface area contributed by atoms with Gasteiger partial charge in [-0.25, -0.2) is 4.39 Å². The Morgan fingerprint density at radius 3 is 2.86 bits per heavy atom. The lowest BCUT2D eigenvalue weighted by atomic mass is 9.77. The Balaban J connectivity index is 1.94. The average molecular weight is 383 g/mol. The maximum atomic E-state index is 14.0. The van der Waals surface area contributed by atoms with Crippen LogP contribution in [0, 0.1) is 17.1 Å². The number of benzene rings is 1. The number of hydrogen-bond acceptors (Lipinski definition) is 4. The molecule has 1 aliphatic carbocycles. The van der Waals surface area contributed by atoms with Crippen molar-refractivity contribution in [3.8, 4) is 6.07 Å². The number of nitriles is 1. The van der Waals surface area contributed by atoms with Crippen molar-refractivity contribution in [3.63, 3.8) is 0 Å². The van der Waals surface area contributed by atoms with E-state index in [-0.39, 0.29) is 18.0 Å². The number of aromatic nitrogens is 1. The van der Waals surface area contributed by atoms with Gasteiger partial charge in [0, 0.05) is 30.9 Å². The zero-order valence-electron chi connectivity index (χ0n) is 15.7. The monoisotopic (exact) mass is 383 g/mol. The molecule has 2 aromatic rings. The lowest BCUT2D eigenvalue weighted by Crippen LogP contribution is -2.27. The first-order valence-electron chi connectivity index (χ1n) is 9.27. The van der Waals surface area contributed by atoms with Gasteiger partial charge in [0.25, 0.3) is 0 Å². The van der Waals surface area contributed by atoms with Crippen molar-refractivity contribution in [2.75, 3.05) is 6.54 Å². The highest BCUT2D eigenvalue weighted by Gasteiger charge is 2.34. The first kappa shape index (κ1) is 18.6. The molecule has 0 radical (unpaired) electrons. The normalized spacial score (nSPS) is 18.6. The Kier molecular flexibility index (Phi) is 4.92. The fourth-order valence-corrected chi connectivity index (χ4v) is 3.79. The van der Waals surface area contributed by atoms with Crippen LogP contribution < -0.4 is 0 Å². The van der Waals surface area contributed by atoms with Crippen molar-refractivity contribution in [3.05, 3.63) is 108 Å². The number of fused-ring (bicyclic) bond motifs is 1.